The Labute approximate surface area is 192 Å². The molecule has 1 saturated heterocycles. The third kappa shape index (κ3) is 4.54. The average Bonchev–Trinajstić information content (AvgIpc) is 3.35. The molecule has 0 unspecified atom stereocenters. The Kier molecular flexibility index (Phi) is 5.93. The third-order valence-electron chi connectivity index (χ3n) is 5.44. The lowest BCUT2D eigenvalue weighted by molar-refractivity contribution is -0.131. The molecule has 174 valence electrons. The van der Waals surface area contributed by atoms with Gasteiger partial charge in [0.05, 0.1) is 54.0 Å². The molecule has 1 aliphatic heterocycles. The van der Waals surface area contributed by atoms with Gasteiger partial charge < -0.3 is 20.1 Å². The summed E-state index contributed by atoms with van der Waals surface area (Å²) >= 11 is 0. The number of rotatable bonds is 5. The summed E-state index contributed by atoms with van der Waals surface area (Å²) < 4.78 is 29.0. The zero-order valence-electron chi connectivity index (χ0n) is 18.0. The summed E-state index contributed by atoms with van der Waals surface area (Å²) in [5, 5.41) is 14.0. The molecule has 0 aliphatic carbocycles. The molecule has 3 aromatic rings. The van der Waals surface area contributed by atoms with Crippen molar-refractivity contribution in [2.75, 3.05) is 18.4 Å². The first-order chi connectivity index (χ1) is 16.2. The first kappa shape index (κ1) is 22.8. The van der Waals surface area contributed by atoms with Crippen LogP contribution in [0.3, 0.4) is 0 Å². The van der Waals surface area contributed by atoms with E-state index < -0.39 is 49.2 Å². The van der Waals surface area contributed by atoms with Crippen molar-refractivity contribution in [2.24, 2.45) is 7.05 Å². The van der Waals surface area contributed by atoms with Gasteiger partial charge in [-0.2, -0.15) is 5.26 Å². The lowest BCUT2D eigenvalue weighted by Crippen LogP contribution is -2.43. The number of carbonyl (C=O) groups is 3. The van der Waals surface area contributed by atoms with Gasteiger partial charge in [-0.25, -0.2) is 13.8 Å². The number of nitrogens with one attached hydrogen (secondary N) is 2. The van der Waals surface area contributed by atoms with E-state index in [-0.39, 0.29) is 11.3 Å². The van der Waals surface area contributed by atoms with E-state index in [9.17, 15) is 23.2 Å². The van der Waals surface area contributed by atoms with Crippen molar-refractivity contribution < 1.29 is 23.2 Å². The zero-order chi connectivity index (χ0) is 24.5. The number of hydrogen-bond acceptors (Lipinski definition) is 6. The second-order valence-corrected chi connectivity index (χ2v) is 7.84. The fourth-order valence-electron chi connectivity index (χ4n) is 3.71. The van der Waals surface area contributed by atoms with Gasteiger partial charge in [-0.15, -0.1) is 0 Å². The van der Waals surface area contributed by atoms with Crippen LogP contribution in [-0.2, 0) is 11.8 Å². The van der Waals surface area contributed by atoms with Crippen LogP contribution in [-0.4, -0.2) is 62.2 Å². The highest BCUT2D eigenvalue weighted by Crippen LogP contribution is 2.31. The van der Waals surface area contributed by atoms with Gasteiger partial charge in [0.15, 0.2) is 0 Å². The number of carbonyl (C=O) groups excluding carboxylic acids is 3. The quantitative estimate of drug-likeness (QED) is 0.587. The molecule has 0 saturated carbocycles. The number of anilines is 1. The monoisotopic (exact) mass is 467 g/mol. The number of alkyl halides is 2. The van der Waals surface area contributed by atoms with Crippen molar-refractivity contribution in [1.82, 2.24) is 24.8 Å². The molecular formula is C22H19F2N7O3. The first-order valence-corrected chi connectivity index (χ1v) is 10.2. The molecule has 0 radical (unpaired) electrons. The highest BCUT2D eigenvalue weighted by Gasteiger charge is 2.47. The molecular weight excluding hydrogens is 448 g/mol. The van der Waals surface area contributed by atoms with E-state index in [0.29, 0.717) is 11.1 Å². The summed E-state index contributed by atoms with van der Waals surface area (Å²) in [5.41, 5.74) is 1.91. The fraction of sp³-hybridized carbons (Fsp3) is 0.273. The SMILES string of the molecule is Cn1cnc2cc(C(=O)Nc3cnccc3C(=O)NCC(=O)N3CC(F)(F)C[C@H]3C#N)ccc21. The van der Waals surface area contributed by atoms with Crippen LogP contribution < -0.4 is 10.6 Å². The van der Waals surface area contributed by atoms with E-state index in [0.717, 1.165) is 10.4 Å². The van der Waals surface area contributed by atoms with E-state index in [1.54, 1.807) is 30.6 Å². The van der Waals surface area contributed by atoms with Crippen molar-refractivity contribution in [3.63, 3.8) is 0 Å². The Balaban J connectivity index is 1.44. The Morgan fingerprint density at radius 1 is 1.26 bits per heavy atom. The van der Waals surface area contributed by atoms with Crippen LogP contribution in [0, 0.1) is 11.3 Å². The van der Waals surface area contributed by atoms with Crippen molar-refractivity contribution in [3.05, 3.63) is 54.1 Å². The van der Waals surface area contributed by atoms with Crippen molar-refractivity contribution in [3.8, 4) is 6.07 Å². The van der Waals surface area contributed by atoms with Crippen LogP contribution in [0.1, 0.15) is 27.1 Å². The van der Waals surface area contributed by atoms with E-state index in [4.69, 9.17) is 5.26 Å². The van der Waals surface area contributed by atoms with Gasteiger partial charge in [-0.3, -0.25) is 19.4 Å². The minimum absolute atomic E-state index is 0.0265. The summed E-state index contributed by atoms with van der Waals surface area (Å²) in [6.45, 7) is -1.46. The Hall–Kier alpha value is -4.40. The van der Waals surface area contributed by atoms with Gasteiger partial charge in [0.1, 0.15) is 6.04 Å². The number of hydrogen-bond donors (Lipinski definition) is 2. The first-order valence-electron chi connectivity index (χ1n) is 10.2. The van der Waals surface area contributed by atoms with E-state index in [1.807, 2.05) is 11.6 Å². The number of aryl methyl sites for hydroxylation is 1. The molecule has 12 heteroatoms. The number of nitrogens with zero attached hydrogens (tertiary/aromatic N) is 5. The lowest BCUT2D eigenvalue weighted by atomic mass is 10.1. The predicted octanol–water partition coefficient (Wildman–Crippen LogP) is 1.71. The number of amides is 3. The molecule has 0 spiro atoms. The molecule has 0 bridgehead atoms. The number of imidazole rings is 1. The van der Waals surface area contributed by atoms with Crippen LogP contribution in [0.4, 0.5) is 14.5 Å². The molecule has 1 atom stereocenters. The van der Waals surface area contributed by atoms with Crippen LogP contribution in [0.15, 0.2) is 43.0 Å². The number of pyridine rings is 1. The molecule has 34 heavy (non-hydrogen) atoms. The summed E-state index contributed by atoms with van der Waals surface area (Å²) in [4.78, 5) is 46.6. The molecule has 10 nitrogen and oxygen atoms in total. The molecule has 3 amide bonds. The molecule has 1 aromatic carbocycles. The standard InChI is InChI=1S/C22H19F2N7O3/c1-30-12-28-16-6-13(2-3-18(16)30)20(33)29-17-9-26-5-4-15(17)21(34)27-10-19(32)31-11-22(23,24)7-14(31)8-25/h2-6,9,12,14H,7,10-11H2,1H3,(H,27,34)(H,29,33)/t14-/m0/s1. The maximum Gasteiger partial charge on any atom is 0.268 e. The van der Waals surface area contributed by atoms with Crippen LogP contribution >= 0.6 is 0 Å². The summed E-state index contributed by atoms with van der Waals surface area (Å²) in [6.07, 6.45) is 3.49. The van der Waals surface area contributed by atoms with Gasteiger partial charge in [-0.05, 0) is 24.3 Å². The molecule has 3 heterocycles. The molecule has 4 rings (SSSR count). The van der Waals surface area contributed by atoms with Crippen LogP contribution in [0.25, 0.3) is 11.0 Å². The molecule has 1 aliphatic rings. The average molecular weight is 467 g/mol. The lowest BCUT2D eigenvalue weighted by Gasteiger charge is -2.19. The maximum atomic E-state index is 13.6. The maximum absolute atomic E-state index is 13.6. The summed E-state index contributed by atoms with van der Waals surface area (Å²) in [5.74, 6) is -5.17. The van der Waals surface area contributed by atoms with Gasteiger partial charge in [-0.1, -0.05) is 0 Å². The zero-order valence-corrected chi connectivity index (χ0v) is 18.0. The molecule has 2 aromatic heterocycles. The number of aromatic nitrogens is 3. The van der Waals surface area contributed by atoms with Crippen LogP contribution in [0.2, 0.25) is 0 Å². The Morgan fingerprint density at radius 3 is 2.82 bits per heavy atom. The number of nitriles is 1. The summed E-state index contributed by atoms with van der Waals surface area (Å²) in [7, 11) is 1.83. The number of likely N-dealkylation sites (tertiary alicyclic amines) is 1. The highest BCUT2D eigenvalue weighted by atomic mass is 19.3. The largest absolute Gasteiger partial charge is 0.343 e. The van der Waals surface area contributed by atoms with Gasteiger partial charge >= 0.3 is 0 Å². The highest BCUT2D eigenvalue weighted by molar-refractivity contribution is 6.10. The molecule has 1 fully saturated rings. The number of fused-ring (bicyclic) bond motifs is 1. The minimum Gasteiger partial charge on any atom is -0.343 e. The molecule has 2 N–H and O–H groups in total. The third-order valence-corrected chi connectivity index (χ3v) is 5.44. The Morgan fingerprint density at radius 2 is 2.06 bits per heavy atom. The van der Waals surface area contributed by atoms with Gasteiger partial charge in [0, 0.05) is 25.2 Å². The Bertz CT molecular complexity index is 1330. The van der Waals surface area contributed by atoms with Crippen molar-refractivity contribution in [1.29, 1.82) is 5.26 Å². The van der Waals surface area contributed by atoms with Crippen molar-refractivity contribution in [2.45, 2.75) is 18.4 Å². The second kappa shape index (κ2) is 8.86. The fourth-order valence-corrected chi connectivity index (χ4v) is 3.71. The van der Waals surface area contributed by atoms with E-state index in [1.165, 1.54) is 18.5 Å². The predicted molar refractivity (Wildman–Crippen MR) is 116 cm³/mol. The second-order valence-electron chi connectivity index (χ2n) is 7.84. The number of halogens is 2. The van der Waals surface area contributed by atoms with Crippen molar-refractivity contribution >= 4 is 34.4 Å². The van der Waals surface area contributed by atoms with E-state index in [2.05, 4.69) is 20.6 Å². The smallest absolute Gasteiger partial charge is 0.268 e. The topological polar surface area (TPSA) is 133 Å². The summed E-state index contributed by atoms with van der Waals surface area (Å²) in [6, 6.07) is 6.74. The van der Waals surface area contributed by atoms with Gasteiger partial charge in [0.25, 0.3) is 17.7 Å². The van der Waals surface area contributed by atoms with Crippen LogP contribution in [0.5, 0.6) is 0 Å². The van der Waals surface area contributed by atoms with E-state index >= 15 is 0 Å². The number of benzene rings is 1. The normalized spacial score (nSPS) is 16.8. The minimum atomic E-state index is -3.15. The van der Waals surface area contributed by atoms with Gasteiger partial charge in [0.2, 0.25) is 5.91 Å².